The van der Waals surface area contributed by atoms with Crippen LogP contribution in [-0.4, -0.2) is 35.0 Å². The lowest BCUT2D eigenvalue weighted by Crippen LogP contribution is -2.28. The summed E-state index contributed by atoms with van der Waals surface area (Å²) in [4.78, 5) is 11.6. The molecule has 1 aromatic heterocycles. The van der Waals surface area contributed by atoms with Crippen LogP contribution in [0.1, 0.15) is 37.4 Å². The average Bonchev–Trinajstić information content (AvgIpc) is 3.08. The van der Waals surface area contributed by atoms with Crippen molar-refractivity contribution in [3.8, 4) is 0 Å². The lowest BCUT2D eigenvalue weighted by Gasteiger charge is -2.25. The molecule has 1 aromatic carbocycles. The van der Waals surface area contributed by atoms with Gasteiger partial charge in [0.25, 0.3) is 0 Å². The summed E-state index contributed by atoms with van der Waals surface area (Å²) in [6, 6.07) is 3.32. The molecule has 25 heavy (non-hydrogen) atoms. The molecule has 2 unspecified atom stereocenters. The summed E-state index contributed by atoms with van der Waals surface area (Å²) >= 11 is 18.8. The lowest BCUT2D eigenvalue weighted by atomic mass is 10.1. The lowest BCUT2D eigenvalue weighted by molar-refractivity contribution is -0.194. The van der Waals surface area contributed by atoms with Crippen molar-refractivity contribution in [2.24, 2.45) is 0 Å². The van der Waals surface area contributed by atoms with Crippen molar-refractivity contribution in [3.63, 3.8) is 0 Å². The monoisotopic (exact) mass is 403 g/mol. The fourth-order valence-corrected chi connectivity index (χ4v) is 4.30. The molecule has 0 N–H and O–H groups in total. The van der Waals surface area contributed by atoms with Crippen molar-refractivity contribution in [3.05, 3.63) is 32.9 Å². The van der Waals surface area contributed by atoms with Gasteiger partial charge in [0, 0.05) is 5.39 Å². The van der Waals surface area contributed by atoms with Gasteiger partial charge in [-0.2, -0.15) is 0 Å². The van der Waals surface area contributed by atoms with Crippen molar-refractivity contribution in [2.75, 3.05) is 0 Å². The molecule has 2 aromatic rings. The third kappa shape index (κ3) is 2.60. The Labute approximate surface area is 159 Å². The Morgan fingerprint density at radius 3 is 2.44 bits per heavy atom. The van der Waals surface area contributed by atoms with Gasteiger partial charge in [-0.15, -0.1) is 0 Å². The molecule has 8 heteroatoms. The Kier molecular flexibility index (Phi) is 4.11. The first kappa shape index (κ1) is 17.6. The van der Waals surface area contributed by atoms with Gasteiger partial charge in [0.15, 0.2) is 18.3 Å². The van der Waals surface area contributed by atoms with Gasteiger partial charge in [0.05, 0.1) is 27.2 Å². The molecule has 2 aliphatic rings. The predicted molar refractivity (Wildman–Crippen MR) is 95.8 cm³/mol. The molecule has 0 saturated carbocycles. The zero-order valence-corrected chi connectivity index (χ0v) is 16.0. The molecule has 4 rings (SSSR count). The van der Waals surface area contributed by atoms with Gasteiger partial charge in [-0.05, 0) is 32.9 Å². The van der Waals surface area contributed by atoms with Gasteiger partial charge in [-0.25, -0.2) is 0 Å². The Morgan fingerprint density at radius 2 is 1.76 bits per heavy atom. The normalized spacial score (nSPS) is 30.8. The number of aldehydes is 1. The smallest absolute Gasteiger partial charge is 0.164 e. The molecule has 2 fully saturated rings. The van der Waals surface area contributed by atoms with Crippen LogP contribution in [0.4, 0.5) is 0 Å². The minimum atomic E-state index is -0.713. The number of hydrogen-bond acceptors (Lipinski definition) is 4. The van der Waals surface area contributed by atoms with Crippen LogP contribution >= 0.6 is 34.8 Å². The zero-order valence-electron chi connectivity index (χ0n) is 13.8. The van der Waals surface area contributed by atoms with Crippen LogP contribution in [0.5, 0.6) is 0 Å². The van der Waals surface area contributed by atoms with Crippen LogP contribution in [0.2, 0.25) is 15.2 Å². The molecule has 0 bridgehead atoms. The topological polar surface area (TPSA) is 49.7 Å². The Hall–Kier alpha value is -0.820. The minimum Gasteiger partial charge on any atom is -0.349 e. The maximum absolute atomic E-state index is 11.6. The summed E-state index contributed by atoms with van der Waals surface area (Å²) in [5.41, 5.74) is 1.00. The van der Waals surface area contributed by atoms with Gasteiger partial charge < -0.3 is 18.8 Å². The minimum absolute atomic E-state index is 0.187. The Bertz CT molecular complexity index is 879. The van der Waals surface area contributed by atoms with E-state index in [4.69, 9.17) is 49.0 Å². The number of carbonyl (C=O) groups is 1. The fraction of sp³-hybridized carbons (Fsp3) is 0.471. The fourth-order valence-electron chi connectivity index (χ4n) is 3.64. The van der Waals surface area contributed by atoms with E-state index in [0.29, 0.717) is 32.8 Å². The van der Waals surface area contributed by atoms with Gasteiger partial charge in [-0.3, -0.25) is 4.79 Å². The molecule has 5 nitrogen and oxygen atoms in total. The zero-order chi connectivity index (χ0) is 18.1. The first-order valence-electron chi connectivity index (χ1n) is 7.88. The van der Waals surface area contributed by atoms with E-state index in [1.54, 1.807) is 16.7 Å². The van der Waals surface area contributed by atoms with Gasteiger partial charge in [-0.1, -0.05) is 34.8 Å². The molecule has 0 aliphatic carbocycles. The molecule has 2 aliphatic heterocycles. The highest BCUT2D eigenvalue weighted by atomic mass is 35.5. The number of benzene rings is 1. The SMILES string of the molecule is C[C@H]1O[C@@H](n2c(Cl)c(C=O)c3cc(Cl)c(Cl)cc32)C2OC(C)(C)OC21. The Morgan fingerprint density at radius 1 is 1.12 bits per heavy atom. The van der Waals surface area contributed by atoms with Gasteiger partial charge in [0.1, 0.15) is 17.4 Å². The number of carbonyl (C=O) groups excluding carboxylic acids is 1. The molecule has 3 heterocycles. The molecule has 0 amide bonds. The summed E-state index contributed by atoms with van der Waals surface area (Å²) in [5, 5.41) is 1.60. The number of nitrogens with zero attached hydrogens (tertiary/aromatic N) is 1. The summed E-state index contributed by atoms with van der Waals surface area (Å²) in [5.74, 6) is -0.713. The molecule has 0 radical (unpaired) electrons. The van der Waals surface area contributed by atoms with Crippen molar-refractivity contribution in [1.29, 1.82) is 0 Å². The maximum Gasteiger partial charge on any atom is 0.164 e. The number of fused-ring (bicyclic) bond motifs is 2. The molecule has 0 spiro atoms. The van der Waals surface area contributed by atoms with Crippen molar-refractivity contribution in [2.45, 2.75) is 51.1 Å². The van der Waals surface area contributed by atoms with Gasteiger partial charge >= 0.3 is 0 Å². The number of ether oxygens (including phenoxy) is 3. The van der Waals surface area contributed by atoms with E-state index in [1.807, 2.05) is 20.8 Å². The summed E-state index contributed by atoms with van der Waals surface area (Å²) in [6.45, 7) is 5.64. The van der Waals surface area contributed by atoms with Gasteiger partial charge in [0.2, 0.25) is 0 Å². The van der Waals surface area contributed by atoms with Crippen LogP contribution in [-0.2, 0) is 14.2 Å². The van der Waals surface area contributed by atoms with Crippen molar-refractivity contribution >= 4 is 52.0 Å². The summed E-state index contributed by atoms with van der Waals surface area (Å²) < 4.78 is 19.8. The first-order valence-corrected chi connectivity index (χ1v) is 9.01. The number of hydrogen-bond donors (Lipinski definition) is 0. The van der Waals surface area contributed by atoms with Crippen molar-refractivity contribution < 1.29 is 19.0 Å². The third-order valence-corrected chi connectivity index (χ3v) is 5.76. The van der Waals surface area contributed by atoms with E-state index >= 15 is 0 Å². The predicted octanol–water partition coefficient (Wildman–Crippen LogP) is 4.85. The largest absolute Gasteiger partial charge is 0.349 e. The molecular formula is C17H16Cl3NO4. The van der Waals surface area contributed by atoms with E-state index in [-0.39, 0.29) is 23.5 Å². The molecule has 134 valence electrons. The third-order valence-electron chi connectivity index (χ3n) is 4.66. The van der Waals surface area contributed by atoms with Crippen LogP contribution in [0.15, 0.2) is 12.1 Å². The van der Waals surface area contributed by atoms with Crippen LogP contribution < -0.4 is 0 Å². The second-order valence-electron chi connectivity index (χ2n) is 6.77. The summed E-state index contributed by atoms with van der Waals surface area (Å²) in [6.07, 6.45) is -0.601. The van der Waals surface area contributed by atoms with Crippen LogP contribution in [0, 0.1) is 0 Å². The van der Waals surface area contributed by atoms with E-state index in [1.165, 1.54) is 0 Å². The number of rotatable bonds is 2. The molecule has 2 saturated heterocycles. The van der Waals surface area contributed by atoms with Crippen LogP contribution in [0.25, 0.3) is 10.9 Å². The quantitative estimate of drug-likeness (QED) is 0.671. The van der Waals surface area contributed by atoms with E-state index < -0.39 is 12.0 Å². The number of halogens is 3. The second kappa shape index (κ2) is 5.84. The van der Waals surface area contributed by atoms with E-state index in [0.717, 1.165) is 0 Å². The standard InChI is InChI=1S/C17H16Cl3NO4/c1-7-13-14(25-17(2,3)24-13)16(23-7)21-12-5-11(19)10(18)4-8(12)9(6-22)15(21)20/h4-7,13-14,16H,1-3H3/t7-,13?,14?,16-/m1/s1. The summed E-state index contributed by atoms with van der Waals surface area (Å²) in [7, 11) is 0. The van der Waals surface area contributed by atoms with E-state index in [9.17, 15) is 4.79 Å². The van der Waals surface area contributed by atoms with E-state index in [2.05, 4.69) is 0 Å². The second-order valence-corrected chi connectivity index (χ2v) is 7.94. The van der Waals surface area contributed by atoms with Crippen molar-refractivity contribution in [1.82, 2.24) is 4.57 Å². The molecular weight excluding hydrogens is 389 g/mol. The highest BCUT2D eigenvalue weighted by Crippen LogP contribution is 2.46. The average molecular weight is 405 g/mol. The number of aromatic nitrogens is 1. The maximum atomic E-state index is 11.6. The van der Waals surface area contributed by atoms with Crippen LogP contribution in [0.3, 0.4) is 0 Å². The highest BCUT2D eigenvalue weighted by molar-refractivity contribution is 6.43. The molecule has 4 atom stereocenters. The highest BCUT2D eigenvalue weighted by Gasteiger charge is 2.55. The first-order chi connectivity index (χ1) is 11.7. The Balaban J connectivity index is 1.91.